The van der Waals surface area contributed by atoms with E-state index in [1.807, 2.05) is 12.1 Å². The van der Waals surface area contributed by atoms with E-state index in [0.29, 0.717) is 5.69 Å². The van der Waals surface area contributed by atoms with Crippen LogP contribution in [-0.2, 0) is 11.4 Å². The van der Waals surface area contributed by atoms with Crippen LogP contribution in [0.15, 0.2) is 24.3 Å². The summed E-state index contributed by atoms with van der Waals surface area (Å²) in [7, 11) is 0. The smallest absolute Gasteiger partial charge is 0.221 e. The molecule has 0 aliphatic carbocycles. The maximum atomic E-state index is 10.7. The molecule has 3 heteroatoms. The molecule has 0 aromatic heterocycles. The van der Waals surface area contributed by atoms with Gasteiger partial charge in [0.2, 0.25) is 5.91 Å². The highest BCUT2D eigenvalue weighted by atomic mass is 16.3. The van der Waals surface area contributed by atoms with Crippen LogP contribution >= 0.6 is 0 Å². The number of carbonyl (C=O) groups excluding carboxylic acids is 1. The first kappa shape index (κ1) is 8.74. The predicted molar refractivity (Wildman–Crippen MR) is 46.7 cm³/mol. The molecule has 0 atom stereocenters. The lowest BCUT2D eigenvalue weighted by molar-refractivity contribution is -0.114. The van der Waals surface area contributed by atoms with E-state index in [0.717, 1.165) is 5.56 Å². The van der Waals surface area contributed by atoms with Crippen molar-refractivity contribution < 1.29 is 9.90 Å². The average Bonchev–Trinajstić information content (AvgIpc) is 2.04. The Kier molecular flexibility index (Phi) is 2.82. The largest absolute Gasteiger partial charge is 0.392 e. The number of anilines is 1. The lowest BCUT2D eigenvalue weighted by Gasteiger charge is -2.06. The minimum atomic E-state index is -0.129. The molecule has 0 spiro atoms. The van der Waals surface area contributed by atoms with Crippen molar-refractivity contribution in [2.24, 2.45) is 0 Å². The third-order valence-electron chi connectivity index (χ3n) is 1.50. The molecule has 1 rings (SSSR count). The molecule has 1 aromatic carbocycles. The number of para-hydroxylation sites is 1. The van der Waals surface area contributed by atoms with Crippen LogP contribution in [0.2, 0.25) is 0 Å². The minimum Gasteiger partial charge on any atom is -0.392 e. The maximum Gasteiger partial charge on any atom is 0.221 e. The standard InChI is InChI=1S/C9H11NO2/c1-7(12)10-9-5-3-2-4-8(9)6-11/h2-5,11H,6H2,1H3,(H,10,12). The molecule has 0 saturated heterocycles. The van der Waals surface area contributed by atoms with Gasteiger partial charge in [0, 0.05) is 18.2 Å². The zero-order chi connectivity index (χ0) is 8.97. The van der Waals surface area contributed by atoms with Crippen molar-refractivity contribution in [3.05, 3.63) is 29.8 Å². The van der Waals surface area contributed by atoms with E-state index in [9.17, 15) is 4.79 Å². The first-order valence-electron chi connectivity index (χ1n) is 3.70. The first-order chi connectivity index (χ1) is 5.74. The van der Waals surface area contributed by atoms with Crippen LogP contribution in [0.1, 0.15) is 12.5 Å². The predicted octanol–water partition coefficient (Wildman–Crippen LogP) is 1.14. The van der Waals surface area contributed by atoms with Crippen LogP contribution in [0.25, 0.3) is 0 Å². The Labute approximate surface area is 71.0 Å². The molecule has 0 fully saturated rings. The summed E-state index contributed by atoms with van der Waals surface area (Å²) in [4.78, 5) is 10.7. The Morgan fingerprint density at radius 2 is 2.17 bits per heavy atom. The summed E-state index contributed by atoms with van der Waals surface area (Å²) in [6, 6.07) is 7.15. The molecular formula is C9H11NO2. The van der Waals surface area contributed by atoms with Gasteiger partial charge >= 0.3 is 0 Å². The monoisotopic (exact) mass is 165 g/mol. The lowest BCUT2D eigenvalue weighted by Crippen LogP contribution is -2.07. The van der Waals surface area contributed by atoms with E-state index in [-0.39, 0.29) is 12.5 Å². The molecule has 3 nitrogen and oxygen atoms in total. The molecule has 0 unspecified atom stereocenters. The highest BCUT2D eigenvalue weighted by Gasteiger charge is 2.00. The van der Waals surface area contributed by atoms with E-state index < -0.39 is 0 Å². The number of amides is 1. The van der Waals surface area contributed by atoms with Crippen molar-refractivity contribution in [2.75, 3.05) is 5.32 Å². The van der Waals surface area contributed by atoms with Crippen LogP contribution in [0.4, 0.5) is 5.69 Å². The summed E-state index contributed by atoms with van der Waals surface area (Å²) >= 11 is 0. The molecule has 64 valence electrons. The fourth-order valence-electron chi connectivity index (χ4n) is 0.970. The SMILES string of the molecule is CC(=O)Nc1ccccc1CO. The van der Waals surface area contributed by atoms with E-state index in [4.69, 9.17) is 5.11 Å². The summed E-state index contributed by atoms with van der Waals surface area (Å²) in [5.74, 6) is -0.129. The first-order valence-corrected chi connectivity index (χ1v) is 3.70. The Morgan fingerprint density at radius 3 is 2.75 bits per heavy atom. The van der Waals surface area contributed by atoms with Crippen LogP contribution in [-0.4, -0.2) is 11.0 Å². The van der Waals surface area contributed by atoms with Crippen LogP contribution < -0.4 is 5.32 Å². The van der Waals surface area contributed by atoms with Crippen molar-refractivity contribution in [3.8, 4) is 0 Å². The number of hydrogen-bond donors (Lipinski definition) is 2. The number of nitrogens with one attached hydrogen (secondary N) is 1. The van der Waals surface area contributed by atoms with E-state index in [2.05, 4.69) is 5.32 Å². The molecule has 2 N–H and O–H groups in total. The third kappa shape index (κ3) is 2.07. The number of aliphatic hydroxyl groups excluding tert-OH is 1. The third-order valence-corrected chi connectivity index (χ3v) is 1.50. The molecule has 0 radical (unpaired) electrons. The minimum absolute atomic E-state index is 0.0591. The van der Waals surface area contributed by atoms with Gasteiger partial charge in [-0.2, -0.15) is 0 Å². The molecule has 0 heterocycles. The Hall–Kier alpha value is -1.35. The second-order valence-corrected chi connectivity index (χ2v) is 2.50. The van der Waals surface area contributed by atoms with E-state index in [1.165, 1.54) is 6.92 Å². The normalized spacial score (nSPS) is 9.50. The van der Waals surface area contributed by atoms with Crippen LogP contribution in [0.5, 0.6) is 0 Å². The van der Waals surface area contributed by atoms with Crippen molar-refractivity contribution in [2.45, 2.75) is 13.5 Å². The highest BCUT2D eigenvalue weighted by Crippen LogP contribution is 2.13. The van der Waals surface area contributed by atoms with Gasteiger partial charge in [-0.15, -0.1) is 0 Å². The Balaban J connectivity index is 2.89. The molecule has 0 aliphatic rings. The second kappa shape index (κ2) is 3.88. The van der Waals surface area contributed by atoms with Gasteiger partial charge < -0.3 is 10.4 Å². The lowest BCUT2D eigenvalue weighted by atomic mass is 10.2. The molecule has 0 bridgehead atoms. The van der Waals surface area contributed by atoms with Crippen LogP contribution in [0.3, 0.4) is 0 Å². The molecule has 0 saturated carbocycles. The van der Waals surface area contributed by atoms with Crippen molar-refractivity contribution >= 4 is 11.6 Å². The van der Waals surface area contributed by atoms with E-state index >= 15 is 0 Å². The summed E-state index contributed by atoms with van der Waals surface area (Å²) in [5, 5.41) is 11.5. The Bertz CT molecular complexity index is 284. The van der Waals surface area contributed by atoms with Gasteiger partial charge in [-0.25, -0.2) is 0 Å². The zero-order valence-electron chi connectivity index (χ0n) is 6.87. The van der Waals surface area contributed by atoms with Gasteiger partial charge in [0.05, 0.1) is 6.61 Å². The second-order valence-electron chi connectivity index (χ2n) is 2.50. The average molecular weight is 165 g/mol. The number of rotatable bonds is 2. The van der Waals surface area contributed by atoms with Gasteiger partial charge in [0.25, 0.3) is 0 Å². The van der Waals surface area contributed by atoms with Crippen molar-refractivity contribution in [1.82, 2.24) is 0 Å². The summed E-state index contributed by atoms with van der Waals surface area (Å²) in [5.41, 5.74) is 1.40. The van der Waals surface area contributed by atoms with Gasteiger partial charge in [-0.05, 0) is 6.07 Å². The number of carbonyl (C=O) groups is 1. The van der Waals surface area contributed by atoms with Crippen molar-refractivity contribution in [3.63, 3.8) is 0 Å². The van der Waals surface area contributed by atoms with Crippen LogP contribution in [0, 0.1) is 0 Å². The fraction of sp³-hybridized carbons (Fsp3) is 0.222. The summed E-state index contributed by atoms with van der Waals surface area (Å²) in [6.45, 7) is 1.38. The molecule has 0 aliphatic heterocycles. The molecular weight excluding hydrogens is 154 g/mol. The quantitative estimate of drug-likeness (QED) is 0.690. The summed E-state index contributed by atoms with van der Waals surface area (Å²) < 4.78 is 0. The van der Waals surface area contributed by atoms with E-state index in [1.54, 1.807) is 12.1 Å². The van der Waals surface area contributed by atoms with Gasteiger partial charge in [-0.1, -0.05) is 18.2 Å². The number of aliphatic hydroxyl groups is 1. The molecule has 1 aromatic rings. The number of benzene rings is 1. The highest BCUT2D eigenvalue weighted by molar-refractivity contribution is 5.89. The molecule has 12 heavy (non-hydrogen) atoms. The van der Waals surface area contributed by atoms with Gasteiger partial charge in [0.1, 0.15) is 0 Å². The maximum absolute atomic E-state index is 10.7. The summed E-state index contributed by atoms with van der Waals surface area (Å²) in [6.07, 6.45) is 0. The molecule has 1 amide bonds. The fourth-order valence-corrected chi connectivity index (χ4v) is 0.970. The number of hydrogen-bond acceptors (Lipinski definition) is 2. The zero-order valence-corrected chi connectivity index (χ0v) is 6.87. The van der Waals surface area contributed by atoms with Gasteiger partial charge in [-0.3, -0.25) is 4.79 Å². The Morgan fingerprint density at radius 1 is 1.50 bits per heavy atom. The topological polar surface area (TPSA) is 49.3 Å². The van der Waals surface area contributed by atoms with Gasteiger partial charge in [0.15, 0.2) is 0 Å². The van der Waals surface area contributed by atoms with Crippen molar-refractivity contribution in [1.29, 1.82) is 0 Å².